The molecule has 12 heteroatoms. The molecule has 3 aliphatic heterocycles. The number of anilines is 2. The normalized spacial score (nSPS) is 18.4. The van der Waals surface area contributed by atoms with Gasteiger partial charge in [-0.3, -0.25) is 14.5 Å². The van der Waals surface area contributed by atoms with E-state index in [0.29, 0.717) is 42.3 Å². The Bertz CT molecular complexity index is 2420. The molecular formula is C42H38FN7O4. The predicted octanol–water partition coefficient (Wildman–Crippen LogP) is 6.64. The Kier molecular flexibility index (Phi) is 8.48. The third kappa shape index (κ3) is 6.29. The van der Waals surface area contributed by atoms with E-state index in [2.05, 4.69) is 26.2 Å². The number of carbonyl (C=O) groups excluding carboxylic acids is 2. The fourth-order valence-electron chi connectivity index (χ4n) is 7.71. The van der Waals surface area contributed by atoms with Gasteiger partial charge in [0.2, 0.25) is 11.8 Å². The molecule has 2 aromatic heterocycles. The summed E-state index contributed by atoms with van der Waals surface area (Å²) in [5.41, 5.74) is 7.81. The second-order valence-corrected chi connectivity index (χ2v) is 14.6. The lowest BCUT2D eigenvalue weighted by Gasteiger charge is -2.29. The standard InChI is InChI=1S/C42H38FN7O4/c1-25-17-30(20-32-39(25)48-41(52)42(32)12-13-42)45-40(51)28-7-8-36-35(19-28)46-37(50(36)22-31-11-16-53-31)23-49-14-9-27(10-15-49)34-3-2-4-38(47-34)54-24-29-6-5-26(21-44)18-33(29)43/h2-9,17-20,31H,10-16,22-24H2,1H3,(H,45,51)(H,48,52)/t31-/m0/s1. The van der Waals surface area contributed by atoms with Gasteiger partial charge in [-0.05, 0) is 97.8 Å². The summed E-state index contributed by atoms with van der Waals surface area (Å²) in [6.45, 7) is 5.55. The van der Waals surface area contributed by atoms with Crippen molar-refractivity contribution < 1.29 is 23.5 Å². The van der Waals surface area contributed by atoms with E-state index in [1.54, 1.807) is 18.2 Å². The second kappa shape index (κ2) is 13.5. The Balaban J connectivity index is 0.894. The summed E-state index contributed by atoms with van der Waals surface area (Å²) in [5, 5.41) is 15.1. The summed E-state index contributed by atoms with van der Waals surface area (Å²) < 4.78 is 28.2. The van der Waals surface area contributed by atoms with Crippen LogP contribution in [0.3, 0.4) is 0 Å². The zero-order valence-electron chi connectivity index (χ0n) is 29.8. The van der Waals surface area contributed by atoms with Crippen molar-refractivity contribution in [3.63, 3.8) is 0 Å². The smallest absolute Gasteiger partial charge is 0.255 e. The molecule has 5 heterocycles. The number of aryl methyl sites for hydroxylation is 1. The van der Waals surface area contributed by atoms with Crippen LogP contribution in [0.15, 0.2) is 72.8 Å². The fraction of sp³-hybridized carbons (Fsp3) is 0.310. The number of carbonyl (C=O) groups is 2. The number of nitriles is 1. The minimum absolute atomic E-state index is 0.00979. The molecule has 272 valence electrons. The molecular weight excluding hydrogens is 686 g/mol. The van der Waals surface area contributed by atoms with Gasteiger partial charge in [-0.1, -0.05) is 18.2 Å². The minimum Gasteiger partial charge on any atom is -0.473 e. The highest BCUT2D eigenvalue weighted by atomic mass is 19.1. The number of pyridine rings is 1. The number of fused-ring (bicyclic) bond motifs is 3. The van der Waals surface area contributed by atoms with Gasteiger partial charge in [0, 0.05) is 48.3 Å². The fourth-order valence-corrected chi connectivity index (χ4v) is 7.71. The summed E-state index contributed by atoms with van der Waals surface area (Å²) in [5.74, 6) is 0.668. The van der Waals surface area contributed by atoms with Gasteiger partial charge in [0.25, 0.3) is 5.91 Å². The molecule has 11 nitrogen and oxygen atoms in total. The van der Waals surface area contributed by atoms with Gasteiger partial charge in [0.05, 0.1) is 53.0 Å². The van der Waals surface area contributed by atoms with Gasteiger partial charge in [0.1, 0.15) is 18.2 Å². The number of aromatic nitrogens is 3. The first-order valence-electron chi connectivity index (χ1n) is 18.4. The number of halogens is 1. The van der Waals surface area contributed by atoms with Gasteiger partial charge >= 0.3 is 0 Å². The predicted molar refractivity (Wildman–Crippen MR) is 200 cm³/mol. The number of nitrogens with one attached hydrogen (secondary N) is 2. The zero-order valence-corrected chi connectivity index (χ0v) is 29.8. The molecule has 4 aliphatic rings. The van der Waals surface area contributed by atoms with E-state index >= 15 is 0 Å². The van der Waals surface area contributed by atoms with E-state index in [0.717, 1.165) is 83.8 Å². The van der Waals surface area contributed by atoms with Crippen molar-refractivity contribution >= 4 is 39.8 Å². The number of amides is 2. The molecule has 3 aromatic carbocycles. The van der Waals surface area contributed by atoms with Crippen LogP contribution in [0.1, 0.15) is 69.8 Å². The molecule has 0 radical (unpaired) electrons. The van der Waals surface area contributed by atoms with E-state index < -0.39 is 11.2 Å². The van der Waals surface area contributed by atoms with Crippen LogP contribution >= 0.6 is 0 Å². The molecule has 1 spiro atoms. The lowest BCUT2D eigenvalue weighted by Crippen LogP contribution is -2.33. The van der Waals surface area contributed by atoms with E-state index in [1.807, 2.05) is 55.5 Å². The lowest BCUT2D eigenvalue weighted by atomic mass is 9.95. The van der Waals surface area contributed by atoms with Crippen LogP contribution in [0.4, 0.5) is 15.8 Å². The monoisotopic (exact) mass is 723 g/mol. The summed E-state index contributed by atoms with van der Waals surface area (Å²) in [6, 6.07) is 21.4. The molecule has 0 unspecified atom stereocenters. The van der Waals surface area contributed by atoms with Crippen LogP contribution in [0.25, 0.3) is 16.6 Å². The SMILES string of the molecule is Cc1cc(NC(=O)c2ccc3c(c2)nc(CN2CC=C(c4cccc(OCc5ccc(C#N)cc5F)n4)CC2)n3C[C@@H]2CCO2)cc2c1NC(=O)C21CC1. The Labute approximate surface area is 311 Å². The maximum Gasteiger partial charge on any atom is 0.255 e. The quantitative estimate of drug-likeness (QED) is 0.164. The first-order valence-corrected chi connectivity index (χ1v) is 18.4. The molecule has 1 saturated carbocycles. The van der Waals surface area contributed by atoms with Crippen LogP contribution in [0.2, 0.25) is 0 Å². The third-order valence-electron chi connectivity index (χ3n) is 11.1. The van der Waals surface area contributed by atoms with Crippen molar-refractivity contribution in [2.45, 2.75) is 63.8 Å². The van der Waals surface area contributed by atoms with Crippen LogP contribution in [0, 0.1) is 24.1 Å². The number of hydrogen-bond acceptors (Lipinski definition) is 8. The Morgan fingerprint density at radius 2 is 2.02 bits per heavy atom. The first-order chi connectivity index (χ1) is 26.3. The minimum atomic E-state index is -0.481. The number of hydrogen-bond donors (Lipinski definition) is 2. The molecule has 1 atom stereocenters. The average Bonchev–Trinajstić information content (AvgIpc) is 3.84. The Morgan fingerprint density at radius 3 is 2.76 bits per heavy atom. The second-order valence-electron chi connectivity index (χ2n) is 14.6. The van der Waals surface area contributed by atoms with Crippen molar-refractivity contribution in [1.29, 1.82) is 5.26 Å². The Morgan fingerprint density at radius 1 is 1.15 bits per heavy atom. The topological polar surface area (TPSA) is 134 Å². The number of ether oxygens (including phenoxy) is 2. The summed E-state index contributed by atoms with van der Waals surface area (Å²) in [7, 11) is 0. The summed E-state index contributed by atoms with van der Waals surface area (Å²) in [6.07, 6.45) is 5.75. The van der Waals surface area contributed by atoms with Crippen LogP contribution < -0.4 is 15.4 Å². The molecule has 0 bridgehead atoms. The van der Waals surface area contributed by atoms with Crippen molar-refractivity contribution in [2.24, 2.45) is 0 Å². The van der Waals surface area contributed by atoms with E-state index in [4.69, 9.17) is 24.7 Å². The largest absolute Gasteiger partial charge is 0.473 e. The number of benzene rings is 3. The number of rotatable bonds is 10. The summed E-state index contributed by atoms with van der Waals surface area (Å²) >= 11 is 0. The molecule has 2 fully saturated rings. The molecule has 2 N–H and O–H groups in total. The average molecular weight is 724 g/mol. The molecule has 1 saturated heterocycles. The molecule has 5 aromatic rings. The lowest BCUT2D eigenvalue weighted by molar-refractivity contribution is -0.117. The molecule has 54 heavy (non-hydrogen) atoms. The highest BCUT2D eigenvalue weighted by molar-refractivity contribution is 6.11. The van der Waals surface area contributed by atoms with Crippen LogP contribution in [0.5, 0.6) is 5.88 Å². The highest BCUT2D eigenvalue weighted by Crippen LogP contribution is 2.56. The third-order valence-corrected chi connectivity index (χ3v) is 11.1. The van der Waals surface area contributed by atoms with E-state index in [1.165, 1.54) is 6.07 Å². The molecule has 9 rings (SSSR count). The summed E-state index contributed by atoms with van der Waals surface area (Å²) in [4.78, 5) is 38.3. The van der Waals surface area contributed by atoms with Crippen LogP contribution in [-0.4, -0.2) is 57.0 Å². The molecule has 2 amide bonds. The maximum atomic E-state index is 14.4. The van der Waals surface area contributed by atoms with Crippen molar-refractivity contribution in [1.82, 2.24) is 19.4 Å². The van der Waals surface area contributed by atoms with E-state index in [9.17, 15) is 14.0 Å². The van der Waals surface area contributed by atoms with Gasteiger partial charge in [-0.2, -0.15) is 5.26 Å². The van der Waals surface area contributed by atoms with Gasteiger partial charge in [-0.25, -0.2) is 14.4 Å². The van der Waals surface area contributed by atoms with E-state index in [-0.39, 0.29) is 30.1 Å². The number of nitrogens with zero attached hydrogens (tertiary/aromatic N) is 5. The van der Waals surface area contributed by atoms with Crippen LogP contribution in [-0.2, 0) is 34.6 Å². The maximum absolute atomic E-state index is 14.4. The van der Waals surface area contributed by atoms with Crippen molar-refractivity contribution in [2.75, 3.05) is 30.3 Å². The highest BCUT2D eigenvalue weighted by Gasteiger charge is 2.56. The molecule has 1 aliphatic carbocycles. The van der Waals surface area contributed by atoms with Gasteiger partial charge < -0.3 is 24.7 Å². The van der Waals surface area contributed by atoms with Crippen molar-refractivity contribution in [3.8, 4) is 11.9 Å². The van der Waals surface area contributed by atoms with Gasteiger partial charge in [-0.15, -0.1) is 0 Å². The Hall–Kier alpha value is -5.90. The van der Waals surface area contributed by atoms with Crippen molar-refractivity contribution in [3.05, 3.63) is 118 Å². The van der Waals surface area contributed by atoms with Gasteiger partial charge in [0.15, 0.2) is 0 Å². The number of imidazole rings is 1. The first kappa shape index (κ1) is 33.9. The zero-order chi connectivity index (χ0) is 37.0.